The summed E-state index contributed by atoms with van der Waals surface area (Å²) in [6.45, 7) is 3.52. The number of piperidine rings is 1. The summed E-state index contributed by atoms with van der Waals surface area (Å²) in [6.07, 6.45) is -0.436. The van der Waals surface area contributed by atoms with E-state index in [4.69, 9.17) is 4.74 Å². The van der Waals surface area contributed by atoms with Crippen LogP contribution in [0.5, 0.6) is 11.8 Å². The molecule has 41 heavy (non-hydrogen) atoms. The number of ether oxygens (including phenoxy) is 2. The molecule has 0 atom stereocenters. The number of amides is 2. The van der Waals surface area contributed by atoms with Crippen molar-refractivity contribution in [2.24, 2.45) is 0 Å². The third-order valence-corrected chi connectivity index (χ3v) is 7.65. The van der Waals surface area contributed by atoms with Crippen LogP contribution in [0.2, 0.25) is 0 Å². The molecule has 2 saturated heterocycles. The molecule has 0 radical (unpaired) electrons. The Labute approximate surface area is 237 Å². The van der Waals surface area contributed by atoms with Crippen molar-refractivity contribution in [1.82, 2.24) is 24.8 Å². The maximum Gasteiger partial charge on any atom is 0.573 e. The molecular formula is C26H28F3N7O4S. The van der Waals surface area contributed by atoms with Gasteiger partial charge in [-0.1, -0.05) is 0 Å². The second-order valence-electron chi connectivity index (χ2n) is 9.66. The van der Waals surface area contributed by atoms with E-state index < -0.39 is 23.9 Å². The number of anilines is 2. The molecule has 0 saturated carbocycles. The van der Waals surface area contributed by atoms with Gasteiger partial charge in [0.05, 0.1) is 5.69 Å². The Balaban J connectivity index is 1.23. The molecular weight excluding hydrogens is 563 g/mol. The van der Waals surface area contributed by atoms with Crippen LogP contribution in [-0.2, 0) is 0 Å². The minimum atomic E-state index is -5.02. The lowest BCUT2D eigenvalue weighted by Crippen LogP contribution is -2.47. The van der Waals surface area contributed by atoms with Gasteiger partial charge in [-0.25, -0.2) is 15.0 Å². The minimum Gasteiger partial charge on any atom is -0.460 e. The standard InChI is InChI=1S/C26H28F3N7O4S/c1-34-11-13-35(14-12-34)23(38)17-3-4-19(21(15-17)40-26(27,28)29)32-22(37)20-16-41-25(33-20)36-9-5-18(6-10-36)39-24-30-7-2-8-31-24/h2-4,7-8,15-16,18H,5-6,9-14H2,1H3,(H,32,37). The second-order valence-corrected chi connectivity index (χ2v) is 10.5. The number of carbonyl (C=O) groups excluding carboxylic acids is 2. The molecule has 1 N–H and O–H groups in total. The molecule has 11 nitrogen and oxygen atoms in total. The van der Waals surface area contributed by atoms with Crippen molar-refractivity contribution >= 4 is 34.0 Å². The molecule has 218 valence electrons. The van der Waals surface area contributed by atoms with Crippen LogP contribution in [0.3, 0.4) is 0 Å². The van der Waals surface area contributed by atoms with Crippen LogP contribution in [-0.4, -0.2) is 95.3 Å². The van der Waals surface area contributed by atoms with Crippen LogP contribution in [0.25, 0.3) is 0 Å². The van der Waals surface area contributed by atoms with Crippen LogP contribution in [0.15, 0.2) is 42.0 Å². The van der Waals surface area contributed by atoms with E-state index in [1.807, 2.05) is 11.9 Å². The molecule has 0 unspecified atom stereocenters. The van der Waals surface area contributed by atoms with Gasteiger partial charge in [0, 0.05) is 75.4 Å². The highest BCUT2D eigenvalue weighted by Gasteiger charge is 2.33. The first-order valence-electron chi connectivity index (χ1n) is 13.0. The Hall–Kier alpha value is -3.98. The quantitative estimate of drug-likeness (QED) is 0.441. The lowest BCUT2D eigenvalue weighted by atomic mass is 10.1. The third-order valence-electron chi connectivity index (χ3n) is 6.74. The number of aromatic nitrogens is 3. The summed E-state index contributed by atoms with van der Waals surface area (Å²) in [7, 11) is 1.93. The number of hydrogen-bond acceptors (Lipinski definition) is 10. The molecule has 15 heteroatoms. The molecule has 2 amide bonds. The van der Waals surface area contributed by atoms with Crippen LogP contribution in [0.4, 0.5) is 24.0 Å². The average molecular weight is 592 g/mol. The molecule has 2 aliphatic heterocycles. The van der Waals surface area contributed by atoms with E-state index in [-0.39, 0.29) is 23.0 Å². The topological polar surface area (TPSA) is 113 Å². The number of benzene rings is 1. The number of rotatable bonds is 7. The fraction of sp³-hybridized carbons (Fsp3) is 0.423. The van der Waals surface area contributed by atoms with Gasteiger partial charge in [-0.3, -0.25) is 9.59 Å². The molecule has 0 spiro atoms. The van der Waals surface area contributed by atoms with Crippen molar-refractivity contribution in [2.75, 3.05) is 56.5 Å². The smallest absolute Gasteiger partial charge is 0.460 e. The van der Waals surface area contributed by atoms with Gasteiger partial charge in [0.1, 0.15) is 11.8 Å². The summed E-state index contributed by atoms with van der Waals surface area (Å²) in [5.41, 5.74) is -0.136. The van der Waals surface area contributed by atoms with Crippen molar-refractivity contribution in [3.63, 3.8) is 0 Å². The molecule has 2 fully saturated rings. The van der Waals surface area contributed by atoms with Gasteiger partial charge >= 0.3 is 12.4 Å². The summed E-state index contributed by atoms with van der Waals surface area (Å²) >= 11 is 1.26. The summed E-state index contributed by atoms with van der Waals surface area (Å²) in [4.78, 5) is 44.0. The second kappa shape index (κ2) is 12.3. The van der Waals surface area contributed by atoms with Gasteiger partial charge < -0.3 is 29.5 Å². The summed E-state index contributed by atoms with van der Waals surface area (Å²) in [6, 6.07) is 5.64. The first kappa shape index (κ1) is 28.5. The Morgan fingerprint density at radius 3 is 2.44 bits per heavy atom. The van der Waals surface area contributed by atoms with Crippen molar-refractivity contribution in [2.45, 2.75) is 25.3 Å². The van der Waals surface area contributed by atoms with Gasteiger partial charge in [-0.2, -0.15) is 0 Å². The highest BCUT2D eigenvalue weighted by molar-refractivity contribution is 7.14. The number of carbonyl (C=O) groups is 2. The SMILES string of the molecule is CN1CCN(C(=O)c2ccc(NC(=O)c3csc(N4CCC(Oc5ncccn5)CC4)n3)c(OC(F)(F)F)c2)CC1. The van der Waals surface area contributed by atoms with Gasteiger partial charge in [-0.15, -0.1) is 24.5 Å². The number of nitrogens with one attached hydrogen (secondary N) is 1. The number of piperazine rings is 1. The predicted octanol–water partition coefficient (Wildman–Crippen LogP) is 3.52. The van der Waals surface area contributed by atoms with E-state index in [0.29, 0.717) is 63.3 Å². The highest BCUT2D eigenvalue weighted by Crippen LogP contribution is 2.33. The van der Waals surface area contributed by atoms with Gasteiger partial charge in [0.2, 0.25) is 0 Å². The number of alkyl halides is 3. The molecule has 5 rings (SSSR count). The Morgan fingerprint density at radius 2 is 1.76 bits per heavy atom. The zero-order valence-corrected chi connectivity index (χ0v) is 23.0. The predicted molar refractivity (Wildman–Crippen MR) is 144 cm³/mol. The number of likely N-dealkylation sites (N-methyl/N-ethyl adjacent to an activating group) is 1. The fourth-order valence-electron chi connectivity index (χ4n) is 4.52. The third kappa shape index (κ3) is 7.41. The Kier molecular flexibility index (Phi) is 8.54. The number of nitrogens with zero attached hydrogens (tertiary/aromatic N) is 6. The normalized spacial score (nSPS) is 16.9. The van der Waals surface area contributed by atoms with Crippen molar-refractivity contribution in [3.05, 3.63) is 53.3 Å². The molecule has 4 heterocycles. The summed E-state index contributed by atoms with van der Waals surface area (Å²) in [5.74, 6) is -1.78. The van der Waals surface area contributed by atoms with Gasteiger partial charge in [0.25, 0.3) is 11.8 Å². The van der Waals surface area contributed by atoms with E-state index >= 15 is 0 Å². The molecule has 3 aromatic rings. The zero-order valence-electron chi connectivity index (χ0n) is 22.1. The monoisotopic (exact) mass is 591 g/mol. The first-order chi connectivity index (χ1) is 19.6. The van der Waals surface area contributed by atoms with Crippen molar-refractivity contribution in [1.29, 1.82) is 0 Å². The lowest BCUT2D eigenvalue weighted by molar-refractivity contribution is -0.274. The minimum absolute atomic E-state index is 0.0361. The van der Waals surface area contributed by atoms with Gasteiger partial charge in [-0.05, 0) is 31.3 Å². The van der Waals surface area contributed by atoms with Gasteiger partial charge in [0.15, 0.2) is 10.9 Å². The highest BCUT2D eigenvalue weighted by atomic mass is 32.1. The van der Waals surface area contributed by atoms with Crippen LogP contribution >= 0.6 is 11.3 Å². The van der Waals surface area contributed by atoms with E-state index in [1.165, 1.54) is 23.5 Å². The first-order valence-corrected chi connectivity index (χ1v) is 13.9. The van der Waals surface area contributed by atoms with E-state index in [0.717, 1.165) is 6.07 Å². The number of thiazole rings is 1. The van der Waals surface area contributed by atoms with Crippen molar-refractivity contribution < 1.29 is 32.2 Å². The lowest BCUT2D eigenvalue weighted by Gasteiger charge is -2.32. The van der Waals surface area contributed by atoms with Crippen LogP contribution in [0, 0.1) is 0 Å². The largest absolute Gasteiger partial charge is 0.573 e. The molecule has 0 bridgehead atoms. The number of halogens is 3. The molecule has 2 aliphatic rings. The van der Waals surface area contributed by atoms with E-state index in [1.54, 1.807) is 28.7 Å². The fourth-order valence-corrected chi connectivity index (χ4v) is 5.38. The van der Waals surface area contributed by atoms with Crippen LogP contribution < -0.4 is 19.7 Å². The summed E-state index contributed by atoms with van der Waals surface area (Å²) < 4.78 is 49.6. The molecule has 1 aromatic carbocycles. The van der Waals surface area contributed by atoms with Crippen molar-refractivity contribution in [3.8, 4) is 11.8 Å². The molecule has 2 aromatic heterocycles. The van der Waals surface area contributed by atoms with Crippen LogP contribution in [0.1, 0.15) is 33.7 Å². The summed E-state index contributed by atoms with van der Waals surface area (Å²) in [5, 5.41) is 4.61. The Bertz CT molecular complexity index is 1360. The molecule has 0 aliphatic carbocycles. The average Bonchev–Trinajstić information content (AvgIpc) is 3.45. The Morgan fingerprint density at radius 1 is 1.05 bits per heavy atom. The maximum atomic E-state index is 13.2. The van der Waals surface area contributed by atoms with E-state index in [2.05, 4.69) is 29.9 Å². The maximum absolute atomic E-state index is 13.2. The number of hydrogen-bond donors (Lipinski definition) is 1. The zero-order chi connectivity index (χ0) is 29.0. The van der Waals surface area contributed by atoms with E-state index in [9.17, 15) is 22.8 Å².